The van der Waals surface area contributed by atoms with Crippen LogP contribution in [0.3, 0.4) is 0 Å². The molecule has 0 aliphatic carbocycles. The minimum atomic E-state index is -0.887. The van der Waals surface area contributed by atoms with Crippen molar-refractivity contribution < 1.29 is 43.2 Å². The molecule has 0 saturated carbocycles. The summed E-state index contributed by atoms with van der Waals surface area (Å²) in [7, 11) is 0. The number of carbonyl (C=O) groups excluding carboxylic acids is 3. The first-order chi connectivity index (χ1) is 11.4. The van der Waals surface area contributed by atoms with E-state index >= 15 is 0 Å². The molecule has 0 rings (SSSR count). The molecule has 0 aromatic carbocycles. The van der Waals surface area contributed by atoms with Crippen LogP contribution in [0.1, 0.15) is 27.2 Å². The third-order valence-electron chi connectivity index (χ3n) is 2.62. The Morgan fingerprint density at radius 3 is 2.17 bits per heavy atom. The fraction of sp³-hybridized carbons (Fsp3) is 0.800. The molecule has 0 fully saturated rings. The SMILES string of the molecule is CCOCCOC(CO)CC(=O)OCC(COC(C)=O)OC(C)=O. The molecular weight excluding hydrogens is 324 g/mol. The van der Waals surface area contributed by atoms with Gasteiger partial charge in [-0.2, -0.15) is 0 Å². The molecule has 0 radical (unpaired) electrons. The van der Waals surface area contributed by atoms with E-state index < -0.39 is 30.1 Å². The van der Waals surface area contributed by atoms with Crippen molar-refractivity contribution in [1.29, 1.82) is 0 Å². The molecule has 0 aromatic heterocycles. The van der Waals surface area contributed by atoms with Gasteiger partial charge in [0.1, 0.15) is 13.2 Å². The van der Waals surface area contributed by atoms with E-state index in [1.807, 2.05) is 6.92 Å². The molecule has 140 valence electrons. The van der Waals surface area contributed by atoms with Crippen LogP contribution in [-0.4, -0.2) is 74.9 Å². The largest absolute Gasteiger partial charge is 0.462 e. The minimum absolute atomic E-state index is 0.164. The van der Waals surface area contributed by atoms with E-state index in [9.17, 15) is 19.5 Å². The van der Waals surface area contributed by atoms with Gasteiger partial charge in [-0.25, -0.2) is 0 Å². The lowest BCUT2D eigenvalue weighted by Crippen LogP contribution is -2.31. The summed E-state index contributed by atoms with van der Waals surface area (Å²) < 4.78 is 24.9. The van der Waals surface area contributed by atoms with Crippen molar-refractivity contribution in [2.24, 2.45) is 0 Å². The summed E-state index contributed by atoms with van der Waals surface area (Å²) in [6.07, 6.45) is -1.76. The summed E-state index contributed by atoms with van der Waals surface area (Å²) in [4.78, 5) is 33.5. The van der Waals surface area contributed by atoms with E-state index in [1.54, 1.807) is 0 Å². The van der Waals surface area contributed by atoms with E-state index in [2.05, 4.69) is 0 Å². The van der Waals surface area contributed by atoms with Crippen LogP contribution in [0.4, 0.5) is 0 Å². The van der Waals surface area contributed by atoms with E-state index in [0.29, 0.717) is 13.2 Å². The molecule has 0 aromatic rings. The Morgan fingerprint density at radius 2 is 1.62 bits per heavy atom. The van der Waals surface area contributed by atoms with Crippen LogP contribution in [0.2, 0.25) is 0 Å². The zero-order chi connectivity index (χ0) is 18.4. The minimum Gasteiger partial charge on any atom is -0.462 e. The number of carbonyl (C=O) groups is 3. The second-order valence-corrected chi connectivity index (χ2v) is 4.79. The Bertz CT molecular complexity index is 383. The van der Waals surface area contributed by atoms with E-state index in [0.717, 1.165) is 0 Å². The maximum Gasteiger partial charge on any atom is 0.308 e. The standard InChI is InChI=1S/C15H26O9/c1-4-20-5-6-21-13(8-16)7-15(19)23-10-14(24-12(3)18)9-22-11(2)17/h13-14,16H,4-10H2,1-3H3. The third kappa shape index (κ3) is 12.8. The van der Waals surface area contributed by atoms with Crippen LogP contribution in [0.5, 0.6) is 0 Å². The van der Waals surface area contributed by atoms with Gasteiger partial charge in [0, 0.05) is 20.5 Å². The second kappa shape index (κ2) is 13.7. The van der Waals surface area contributed by atoms with Crippen LogP contribution in [0, 0.1) is 0 Å². The summed E-state index contributed by atoms with van der Waals surface area (Å²) in [5, 5.41) is 9.17. The first kappa shape index (κ1) is 22.3. The van der Waals surface area contributed by atoms with Crippen molar-refractivity contribution in [3.63, 3.8) is 0 Å². The fourth-order valence-electron chi connectivity index (χ4n) is 1.59. The van der Waals surface area contributed by atoms with Gasteiger partial charge >= 0.3 is 17.9 Å². The third-order valence-corrected chi connectivity index (χ3v) is 2.62. The van der Waals surface area contributed by atoms with Gasteiger partial charge < -0.3 is 28.8 Å². The van der Waals surface area contributed by atoms with E-state index in [4.69, 9.17) is 23.7 Å². The predicted molar refractivity (Wildman–Crippen MR) is 81.1 cm³/mol. The molecular formula is C15H26O9. The van der Waals surface area contributed by atoms with Gasteiger partial charge in [0.05, 0.1) is 32.3 Å². The van der Waals surface area contributed by atoms with Crippen LogP contribution < -0.4 is 0 Å². The van der Waals surface area contributed by atoms with Crippen LogP contribution in [-0.2, 0) is 38.1 Å². The topological polar surface area (TPSA) is 118 Å². The fourth-order valence-corrected chi connectivity index (χ4v) is 1.59. The highest BCUT2D eigenvalue weighted by atomic mass is 16.6. The second-order valence-electron chi connectivity index (χ2n) is 4.79. The van der Waals surface area contributed by atoms with Crippen LogP contribution in [0.15, 0.2) is 0 Å². The molecule has 0 amide bonds. The number of hydrogen-bond donors (Lipinski definition) is 1. The Morgan fingerprint density at radius 1 is 0.958 bits per heavy atom. The molecule has 24 heavy (non-hydrogen) atoms. The van der Waals surface area contributed by atoms with Crippen molar-refractivity contribution in [3.8, 4) is 0 Å². The normalized spacial score (nSPS) is 13.0. The van der Waals surface area contributed by atoms with Crippen LogP contribution in [0.25, 0.3) is 0 Å². The first-order valence-corrected chi connectivity index (χ1v) is 7.65. The quantitative estimate of drug-likeness (QED) is 0.274. The molecule has 9 heteroatoms. The lowest BCUT2D eigenvalue weighted by Gasteiger charge is -2.18. The maximum atomic E-state index is 11.7. The molecule has 2 unspecified atom stereocenters. The highest BCUT2D eigenvalue weighted by molar-refractivity contribution is 5.70. The Hall–Kier alpha value is -1.71. The molecule has 9 nitrogen and oxygen atoms in total. The summed E-state index contributed by atoms with van der Waals surface area (Å²) >= 11 is 0. The highest BCUT2D eigenvalue weighted by Gasteiger charge is 2.19. The van der Waals surface area contributed by atoms with Gasteiger partial charge in [0.2, 0.25) is 0 Å². The van der Waals surface area contributed by atoms with Gasteiger partial charge in [-0.05, 0) is 6.92 Å². The molecule has 0 spiro atoms. The molecule has 0 bridgehead atoms. The summed E-state index contributed by atoms with van der Waals surface area (Å²) in [6, 6.07) is 0. The highest BCUT2D eigenvalue weighted by Crippen LogP contribution is 2.03. The monoisotopic (exact) mass is 350 g/mol. The van der Waals surface area contributed by atoms with Crippen molar-refractivity contribution in [3.05, 3.63) is 0 Å². The average Bonchev–Trinajstić information content (AvgIpc) is 2.52. The van der Waals surface area contributed by atoms with Crippen molar-refractivity contribution in [2.45, 2.75) is 39.4 Å². The molecule has 0 aliphatic heterocycles. The van der Waals surface area contributed by atoms with Crippen molar-refractivity contribution in [1.82, 2.24) is 0 Å². The number of esters is 3. The number of aliphatic hydroxyl groups is 1. The summed E-state index contributed by atoms with van der Waals surface area (Å²) in [5.74, 6) is -1.76. The van der Waals surface area contributed by atoms with E-state index in [1.165, 1.54) is 13.8 Å². The molecule has 0 saturated heterocycles. The molecule has 1 N–H and O–H groups in total. The van der Waals surface area contributed by atoms with E-state index in [-0.39, 0.29) is 32.8 Å². The van der Waals surface area contributed by atoms with Crippen molar-refractivity contribution in [2.75, 3.05) is 39.6 Å². The first-order valence-electron chi connectivity index (χ1n) is 7.65. The zero-order valence-corrected chi connectivity index (χ0v) is 14.3. The number of rotatable bonds is 13. The number of hydrogen-bond acceptors (Lipinski definition) is 9. The summed E-state index contributed by atoms with van der Waals surface area (Å²) in [5.41, 5.74) is 0. The lowest BCUT2D eigenvalue weighted by atomic mass is 10.2. The van der Waals surface area contributed by atoms with Gasteiger partial charge in [-0.1, -0.05) is 0 Å². The maximum absolute atomic E-state index is 11.7. The average molecular weight is 350 g/mol. The molecule has 0 aliphatic rings. The molecule has 0 heterocycles. The van der Waals surface area contributed by atoms with Gasteiger partial charge in [0.25, 0.3) is 0 Å². The zero-order valence-electron chi connectivity index (χ0n) is 14.3. The predicted octanol–water partition coefficient (Wildman–Crippen LogP) is -0.171. The lowest BCUT2D eigenvalue weighted by molar-refractivity contribution is -0.166. The van der Waals surface area contributed by atoms with Crippen LogP contribution >= 0.6 is 0 Å². The Balaban J connectivity index is 4.18. The Kier molecular flexibility index (Phi) is 12.7. The van der Waals surface area contributed by atoms with Gasteiger partial charge in [0.15, 0.2) is 6.10 Å². The van der Waals surface area contributed by atoms with Gasteiger partial charge in [-0.15, -0.1) is 0 Å². The van der Waals surface area contributed by atoms with Crippen molar-refractivity contribution >= 4 is 17.9 Å². The van der Waals surface area contributed by atoms with Gasteiger partial charge in [-0.3, -0.25) is 14.4 Å². The Labute approximate surface area is 141 Å². The smallest absolute Gasteiger partial charge is 0.308 e. The molecule has 2 atom stereocenters. The summed E-state index contributed by atoms with van der Waals surface area (Å²) in [6.45, 7) is 4.58. The number of ether oxygens (including phenoxy) is 5. The number of aliphatic hydroxyl groups excluding tert-OH is 1.